The van der Waals surface area contributed by atoms with Gasteiger partial charge in [-0.2, -0.15) is 5.10 Å². The molecule has 90 valence electrons. The highest BCUT2D eigenvalue weighted by Gasteiger charge is 2.25. The first-order valence-corrected chi connectivity index (χ1v) is 6.43. The summed E-state index contributed by atoms with van der Waals surface area (Å²) in [4.78, 5) is 0. The van der Waals surface area contributed by atoms with Gasteiger partial charge in [0.2, 0.25) is 0 Å². The largest absolute Gasteiger partial charge is 0.310 e. The Balaban J connectivity index is 1.89. The fraction of sp³-hybridized carbons (Fsp3) is 0.769. The average Bonchev–Trinajstić information content (AvgIpc) is 2.86. The topological polar surface area (TPSA) is 29.9 Å². The van der Waals surface area contributed by atoms with E-state index < -0.39 is 0 Å². The van der Waals surface area contributed by atoms with Crippen LogP contribution in [0.5, 0.6) is 0 Å². The Morgan fingerprint density at radius 3 is 2.94 bits per heavy atom. The molecule has 1 N–H and O–H groups in total. The molecule has 2 unspecified atom stereocenters. The van der Waals surface area contributed by atoms with Crippen LogP contribution in [0, 0.1) is 12.8 Å². The van der Waals surface area contributed by atoms with E-state index in [0.29, 0.717) is 0 Å². The summed E-state index contributed by atoms with van der Waals surface area (Å²) in [5.41, 5.74) is 2.61. The Bertz CT molecular complexity index is 343. The summed E-state index contributed by atoms with van der Waals surface area (Å²) < 4.78 is 1.95. The molecule has 1 aliphatic carbocycles. The van der Waals surface area contributed by atoms with Crippen molar-refractivity contribution in [3.8, 4) is 0 Å². The summed E-state index contributed by atoms with van der Waals surface area (Å²) in [5, 5.41) is 7.98. The molecule has 3 nitrogen and oxygen atoms in total. The van der Waals surface area contributed by atoms with E-state index >= 15 is 0 Å². The van der Waals surface area contributed by atoms with Crippen molar-refractivity contribution in [2.75, 3.05) is 0 Å². The van der Waals surface area contributed by atoms with E-state index in [-0.39, 0.29) is 0 Å². The van der Waals surface area contributed by atoms with Crippen molar-refractivity contribution in [2.45, 2.75) is 52.1 Å². The van der Waals surface area contributed by atoms with Crippen LogP contribution in [-0.2, 0) is 13.6 Å². The van der Waals surface area contributed by atoms with Crippen LogP contribution in [0.2, 0.25) is 0 Å². The molecule has 16 heavy (non-hydrogen) atoms. The lowest BCUT2D eigenvalue weighted by atomic mass is 10.0. The molecule has 0 bridgehead atoms. The van der Waals surface area contributed by atoms with Crippen LogP contribution in [0.4, 0.5) is 0 Å². The van der Waals surface area contributed by atoms with Crippen molar-refractivity contribution in [3.63, 3.8) is 0 Å². The van der Waals surface area contributed by atoms with Gasteiger partial charge in [0.15, 0.2) is 0 Å². The molecule has 0 radical (unpaired) electrons. The van der Waals surface area contributed by atoms with E-state index in [1.54, 1.807) is 0 Å². The maximum atomic E-state index is 4.28. The number of hydrogen-bond donors (Lipinski definition) is 1. The first-order chi connectivity index (χ1) is 7.72. The van der Waals surface area contributed by atoms with Crippen LogP contribution in [0.25, 0.3) is 0 Å². The van der Waals surface area contributed by atoms with Crippen molar-refractivity contribution < 1.29 is 0 Å². The second-order valence-corrected chi connectivity index (χ2v) is 4.97. The van der Waals surface area contributed by atoms with Gasteiger partial charge in [-0.25, -0.2) is 0 Å². The van der Waals surface area contributed by atoms with Crippen LogP contribution in [0.1, 0.15) is 43.9 Å². The van der Waals surface area contributed by atoms with Gasteiger partial charge in [-0.05, 0) is 25.7 Å². The molecule has 3 heteroatoms. The summed E-state index contributed by atoms with van der Waals surface area (Å²) in [6.45, 7) is 5.41. The predicted octanol–water partition coefficient (Wildman–Crippen LogP) is 2.40. The molecule has 0 aromatic carbocycles. The molecule has 2 atom stereocenters. The lowest BCUT2D eigenvalue weighted by Crippen LogP contribution is -2.31. The van der Waals surface area contributed by atoms with Gasteiger partial charge < -0.3 is 5.32 Å². The maximum Gasteiger partial charge on any atom is 0.0537 e. The van der Waals surface area contributed by atoms with Crippen LogP contribution >= 0.6 is 0 Å². The van der Waals surface area contributed by atoms with Gasteiger partial charge in [-0.15, -0.1) is 0 Å². The first-order valence-electron chi connectivity index (χ1n) is 6.43. The van der Waals surface area contributed by atoms with Gasteiger partial charge in [0.05, 0.1) is 6.20 Å². The predicted molar refractivity (Wildman–Crippen MR) is 66.2 cm³/mol. The summed E-state index contributed by atoms with van der Waals surface area (Å²) >= 11 is 0. The third-order valence-electron chi connectivity index (χ3n) is 4.08. The molecule has 1 aromatic rings. The number of aryl methyl sites for hydroxylation is 1. The van der Waals surface area contributed by atoms with Crippen molar-refractivity contribution in [1.29, 1.82) is 0 Å². The highest BCUT2D eigenvalue weighted by atomic mass is 15.3. The summed E-state index contributed by atoms with van der Waals surface area (Å²) in [5.74, 6) is 0.886. The molecule has 0 amide bonds. The second-order valence-electron chi connectivity index (χ2n) is 4.97. The van der Waals surface area contributed by atoms with E-state index in [0.717, 1.165) is 18.5 Å². The van der Waals surface area contributed by atoms with Gasteiger partial charge in [0.1, 0.15) is 0 Å². The van der Waals surface area contributed by atoms with Crippen molar-refractivity contribution in [2.24, 2.45) is 13.0 Å². The smallest absolute Gasteiger partial charge is 0.0537 e. The second kappa shape index (κ2) is 5.00. The summed E-state index contributed by atoms with van der Waals surface area (Å²) in [7, 11) is 2.00. The molecule has 1 fully saturated rings. The fourth-order valence-corrected chi connectivity index (χ4v) is 2.75. The van der Waals surface area contributed by atoms with Gasteiger partial charge in [0, 0.05) is 30.9 Å². The van der Waals surface area contributed by atoms with Gasteiger partial charge in [-0.1, -0.05) is 19.8 Å². The SMILES string of the molecule is CCC1CCCC1NCc1cnn(C)c1C. The zero-order valence-electron chi connectivity index (χ0n) is 10.7. The zero-order valence-corrected chi connectivity index (χ0v) is 10.7. The quantitative estimate of drug-likeness (QED) is 0.846. The minimum Gasteiger partial charge on any atom is -0.310 e. The monoisotopic (exact) mass is 221 g/mol. The van der Waals surface area contributed by atoms with E-state index in [4.69, 9.17) is 0 Å². The molecular weight excluding hydrogens is 198 g/mol. The Kier molecular flexibility index (Phi) is 3.64. The van der Waals surface area contributed by atoms with E-state index in [9.17, 15) is 0 Å². The standard InChI is InChI=1S/C13H23N3/c1-4-11-6-5-7-13(11)14-8-12-9-15-16(3)10(12)2/h9,11,13-14H,4-8H2,1-3H3. The van der Waals surface area contributed by atoms with Crippen LogP contribution in [-0.4, -0.2) is 15.8 Å². The lowest BCUT2D eigenvalue weighted by molar-refractivity contribution is 0.389. The highest BCUT2D eigenvalue weighted by molar-refractivity contribution is 5.15. The van der Waals surface area contributed by atoms with E-state index in [2.05, 4.69) is 24.3 Å². The Hall–Kier alpha value is -0.830. The molecule has 1 saturated carbocycles. The molecule has 0 spiro atoms. The van der Waals surface area contributed by atoms with Gasteiger partial charge in [0.25, 0.3) is 0 Å². The number of nitrogens with one attached hydrogen (secondary N) is 1. The minimum atomic E-state index is 0.726. The molecule has 1 aromatic heterocycles. The average molecular weight is 221 g/mol. The molecule has 0 aliphatic heterocycles. The van der Waals surface area contributed by atoms with Crippen molar-refractivity contribution in [1.82, 2.24) is 15.1 Å². The minimum absolute atomic E-state index is 0.726. The lowest BCUT2D eigenvalue weighted by Gasteiger charge is -2.19. The fourth-order valence-electron chi connectivity index (χ4n) is 2.75. The van der Waals surface area contributed by atoms with Gasteiger partial charge >= 0.3 is 0 Å². The molecule has 1 aliphatic rings. The summed E-state index contributed by atoms with van der Waals surface area (Å²) in [6, 6.07) is 0.726. The molecule has 2 rings (SSSR count). The van der Waals surface area contributed by atoms with E-state index in [1.807, 2.05) is 17.9 Å². The van der Waals surface area contributed by atoms with Crippen molar-refractivity contribution >= 4 is 0 Å². The van der Waals surface area contributed by atoms with Gasteiger partial charge in [-0.3, -0.25) is 4.68 Å². The third kappa shape index (κ3) is 2.29. The number of aromatic nitrogens is 2. The number of nitrogens with zero attached hydrogens (tertiary/aromatic N) is 2. The Morgan fingerprint density at radius 1 is 1.50 bits per heavy atom. The Morgan fingerprint density at radius 2 is 2.31 bits per heavy atom. The maximum absolute atomic E-state index is 4.28. The summed E-state index contributed by atoms with van der Waals surface area (Å²) in [6.07, 6.45) is 7.43. The molecular formula is C13H23N3. The third-order valence-corrected chi connectivity index (χ3v) is 4.08. The van der Waals surface area contributed by atoms with E-state index in [1.165, 1.54) is 36.9 Å². The number of rotatable bonds is 4. The van der Waals surface area contributed by atoms with Crippen LogP contribution in [0.3, 0.4) is 0 Å². The molecule has 0 saturated heterocycles. The first kappa shape index (κ1) is 11.6. The number of hydrogen-bond acceptors (Lipinski definition) is 2. The van der Waals surface area contributed by atoms with Crippen LogP contribution in [0.15, 0.2) is 6.20 Å². The van der Waals surface area contributed by atoms with Crippen LogP contribution < -0.4 is 5.32 Å². The molecule has 1 heterocycles. The highest BCUT2D eigenvalue weighted by Crippen LogP contribution is 2.28. The Labute approximate surface area is 98.2 Å². The normalized spacial score (nSPS) is 25.2. The zero-order chi connectivity index (χ0) is 11.5. The van der Waals surface area contributed by atoms with Crippen molar-refractivity contribution in [3.05, 3.63) is 17.5 Å².